The lowest BCUT2D eigenvalue weighted by Gasteiger charge is -2.37. The van der Waals surface area contributed by atoms with Gasteiger partial charge in [-0.15, -0.1) is 0 Å². The third-order valence-corrected chi connectivity index (χ3v) is 30.0. The van der Waals surface area contributed by atoms with Crippen LogP contribution in [0, 0.1) is 0 Å². The predicted molar refractivity (Wildman–Crippen MR) is 346 cm³/mol. The molecule has 0 saturated carbocycles. The van der Waals surface area contributed by atoms with Crippen LogP contribution >= 0.6 is 0 Å². The molecule has 0 aliphatic rings. The second-order valence-electron chi connectivity index (χ2n) is 21.5. The Morgan fingerprint density at radius 3 is 0.747 bits per heavy atom. The molecule has 0 spiro atoms. The molecule has 2 aromatic heterocycles. The van der Waals surface area contributed by atoms with Crippen molar-refractivity contribution in [1.82, 2.24) is 9.13 Å². The highest BCUT2D eigenvalue weighted by Crippen LogP contribution is 2.36. The Morgan fingerprint density at radius 2 is 0.468 bits per heavy atom. The summed E-state index contributed by atoms with van der Waals surface area (Å²) in [6.45, 7) is 5.33. The molecule has 2 heterocycles. The summed E-state index contributed by atoms with van der Waals surface area (Å²) in [5.74, 6) is 0. The van der Waals surface area contributed by atoms with Crippen LogP contribution < -0.4 is 51.9 Å². The molecule has 0 N–H and O–H groups in total. The van der Waals surface area contributed by atoms with Crippen molar-refractivity contribution >= 4 is 120 Å². The van der Waals surface area contributed by atoms with E-state index in [9.17, 15) is 0 Å². The van der Waals surface area contributed by atoms with Gasteiger partial charge in [0.2, 0.25) is 0 Å². The standard InChI is InChI=1S/C74H58N2Si3/c1-77(2,71-53-63(51-67-65-47-27-29-49-69(65)75(73(67)71)55-31-11-3-12-32-55)78(57-35-15-5-16-36-57,58-37-17-6-18-38-58)59-39-19-7-20-40-59)72-54-64(52-68-66-48-28-30-50-70(66)76(74(68)72)56-33-13-4-14-34-56)79(60-41-21-8-22-42-60,61-43-23-9-24-44-61)62-45-25-10-26-46-62/h3-54H,1-2H3. The van der Waals surface area contributed by atoms with Crippen molar-refractivity contribution in [2.75, 3.05) is 0 Å². The van der Waals surface area contributed by atoms with Gasteiger partial charge in [-0.3, -0.25) is 0 Å². The normalized spacial score (nSPS) is 12.2. The highest BCUT2D eigenvalue weighted by Gasteiger charge is 2.46. The largest absolute Gasteiger partial charge is 0.309 e. The van der Waals surface area contributed by atoms with E-state index < -0.39 is 24.2 Å². The van der Waals surface area contributed by atoms with Crippen molar-refractivity contribution in [2.24, 2.45) is 0 Å². The Hall–Kier alpha value is -9.11. The minimum absolute atomic E-state index is 1.16. The zero-order valence-corrected chi connectivity index (χ0v) is 47.4. The zero-order valence-electron chi connectivity index (χ0n) is 44.4. The van der Waals surface area contributed by atoms with Crippen LogP contribution in [0.5, 0.6) is 0 Å². The Balaban J connectivity index is 1.21. The van der Waals surface area contributed by atoms with Crippen LogP contribution in [0.15, 0.2) is 315 Å². The summed E-state index contributed by atoms with van der Waals surface area (Å²) < 4.78 is 5.19. The Bertz CT molecular complexity index is 3980. The average Bonchev–Trinajstić information content (AvgIpc) is 3.90. The van der Waals surface area contributed by atoms with Gasteiger partial charge < -0.3 is 9.13 Å². The minimum atomic E-state index is -3.09. The van der Waals surface area contributed by atoms with E-state index in [1.807, 2.05) is 0 Å². The van der Waals surface area contributed by atoms with Gasteiger partial charge in [0.15, 0.2) is 16.1 Å². The first-order valence-electron chi connectivity index (χ1n) is 27.6. The number of hydrogen-bond donors (Lipinski definition) is 0. The van der Waals surface area contributed by atoms with E-state index in [2.05, 4.69) is 338 Å². The zero-order chi connectivity index (χ0) is 53.0. The molecule has 0 aliphatic carbocycles. The third-order valence-electron chi connectivity index (χ3n) is 17.0. The first kappa shape index (κ1) is 48.3. The molecule has 79 heavy (non-hydrogen) atoms. The van der Waals surface area contributed by atoms with Crippen LogP contribution in [0.1, 0.15) is 0 Å². The summed E-state index contributed by atoms with van der Waals surface area (Å²) in [5.41, 5.74) is 7.29. The monoisotopic (exact) mass is 1060 g/mol. The van der Waals surface area contributed by atoms with Gasteiger partial charge in [0.25, 0.3) is 0 Å². The molecule has 0 unspecified atom stereocenters. The van der Waals surface area contributed by atoms with Crippen LogP contribution in [0.25, 0.3) is 55.0 Å². The fourth-order valence-electron chi connectivity index (χ4n) is 13.5. The van der Waals surface area contributed by atoms with Crippen molar-refractivity contribution in [3.05, 3.63) is 315 Å². The first-order valence-corrected chi connectivity index (χ1v) is 34.6. The molecule has 12 aromatic carbocycles. The van der Waals surface area contributed by atoms with Gasteiger partial charge in [-0.25, -0.2) is 0 Å². The van der Waals surface area contributed by atoms with E-state index >= 15 is 0 Å². The summed E-state index contributed by atoms with van der Waals surface area (Å²) in [6.07, 6.45) is 0. The maximum Gasteiger partial charge on any atom is 0.179 e. The molecular weight excluding hydrogens is 1000 g/mol. The molecule has 0 radical (unpaired) electrons. The number of rotatable bonds is 12. The first-order chi connectivity index (χ1) is 39.0. The van der Waals surface area contributed by atoms with Gasteiger partial charge in [-0.05, 0) is 88.3 Å². The molecule has 0 atom stereocenters. The molecule has 0 bridgehead atoms. The smallest absolute Gasteiger partial charge is 0.179 e. The Kier molecular flexibility index (Phi) is 12.1. The summed E-state index contributed by atoms with van der Waals surface area (Å²) >= 11 is 0. The van der Waals surface area contributed by atoms with E-state index in [1.165, 1.54) is 95.5 Å². The second-order valence-corrected chi connectivity index (χ2v) is 33.5. The SMILES string of the molecule is C[Si](C)(c1cc([Si](c2ccccc2)(c2ccccc2)c2ccccc2)cc2c3ccccc3n(-c3ccccc3)c12)c1cc([Si](c2ccccc2)(c2ccccc2)c2ccccc2)cc2c3ccccc3n(-c3ccccc3)c12. The van der Waals surface area contributed by atoms with Crippen molar-refractivity contribution in [2.45, 2.75) is 13.1 Å². The summed E-state index contributed by atoms with van der Waals surface area (Å²) in [7, 11) is -9.24. The Morgan fingerprint density at radius 1 is 0.228 bits per heavy atom. The van der Waals surface area contributed by atoms with Crippen LogP contribution in [-0.2, 0) is 0 Å². The molecule has 0 saturated heterocycles. The van der Waals surface area contributed by atoms with E-state index in [4.69, 9.17) is 0 Å². The predicted octanol–water partition coefficient (Wildman–Crippen LogP) is 11.5. The number of aromatic nitrogens is 2. The van der Waals surface area contributed by atoms with Crippen molar-refractivity contribution in [1.29, 1.82) is 0 Å². The topological polar surface area (TPSA) is 9.86 Å². The minimum Gasteiger partial charge on any atom is -0.309 e. The van der Waals surface area contributed by atoms with Crippen LogP contribution in [0.3, 0.4) is 0 Å². The second kappa shape index (κ2) is 19.7. The van der Waals surface area contributed by atoms with Gasteiger partial charge in [0.05, 0.1) is 22.1 Å². The lowest BCUT2D eigenvalue weighted by molar-refractivity contribution is 1.18. The van der Waals surface area contributed by atoms with Gasteiger partial charge in [0, 0.05) is 32.9 Å². The molecule has 2 nitrogen and oxygen atoms in total. The molecule has 0 amide bonds. The quantitative estimate of drug-likeness (QED) is 0.0852. The molecule has 14 aromatic rings. The van der Waals surface area contributed by atoms with E-state index in [0.29, 0.717) is 0 Å². The van der Waals surface area contributed by atoms with Gasteiger partial charge in [0.1, 0.15) is 8.07 Å². The van der Waals surface area contributed by atoms with E-state index in [0.717, 1.165) is 11.4 Å². The number of benzene rings is 12. The average molecular weight is 1060 g/mol. The fraction of sp³-hybridized carbons (Fsp3) is 0.0270. The van der Waals surface area contributed by atoms with Gasteiger partial charge in [-0.1, -0.05) is 292 Å². The number of hydrogen-bond acceptors (Lipinski definition) is 0. The molecule has 14 rings (SSSR count). The highest BCUT2D eigenvalue weighted by molar-refractivity contribution is 7.21. The fourth-order valence-corrected chi connectivity index (χ4v) is 26.4. The van der Waals surface area contributed by atoms with Crippen LogP contribution in [-0.4, -0.2) is 33.4 Å². The number of para-hydroxylation sites is 4. The van der Waals surface area contributed by atoms with Crippen LogP contribution in [0.2, 0.25) is 13.1 Å². The van der Waals surface area contributed by atoms with E-state index in [1.54, 1.807) is 0 Å². The van der Waals surface area contributed by atoms with Crippen molar-refractivity contribution < 1.29 is 0 Å². The number of fused-ring (bicyclic) bond motifs is 6. The summed E-state index contributed by atoms with van der Waals surface area (Å²) in [6, 6.07) is 120. The number of nitrogens with zero attached hydrogens (tertiary/aromatic N) is 2. The molecule has 5 heteroatoms. The molecule has 0 aliphatic heterocycles. The van der Waals surface area contributed by atoms with Crippen LogP contribution in [0.4, 0.5) is 0 Å². The third kappa shape index (κ3) is 7.64. The Labute approximate surface area is 465 Å². The van der Waals surface area contributed by atoms with E-state index in [-0.39, 0.29) is 0 Å². The summed E-state index contributed by atoms with van der Waals surface area (Å²) in [5, 5.41) is 18.8. The lowest BCUT2D eigenvalue weighted by Crippen LogP contribution is -2.76. The van der Waals surface area contributed by atoms with Gasteiger partial charge >= 0.3 is 0 Å². The van der Waals surface area contributed by atoms with Crippen molar-refractivity contribution in [3.63, 3.8) is 0 Å². The maximum atomic E-state index is 2.73. The highest BCUT2D eigenvalue weighted by atomic mass is 28.3. The molecule has 0 fully saturated rings. The molecular formula is C74H58N2Si3. The summed E-state index contributed by atoms with van der Waals surface area (Å²) in [4.78, 5) is 0. The maximum absolute atomic E-state index is 3.09. The van der Waals surface area contributed by atoms with Gasteiger partial charge in [-0.2, -0.15) is 0 Å². The lowest BCUT2D eigenvalue weighted by atomic mass is 10.1. The molecule has 376 valence electrons. The van der Waals surface area contributed by atoms with Crippen molar-refractivity contribution in [3.8, 4) is 11.4 Å².